The molecule has 0 saturated heterocycles. The summed E-state index contributed by atoms with van der Waals surface area (Å²) >= 11 is 0. The number of hydrogen-bond donors (Lipinski definition) is 1. The van der Waals surface area contributed by atoms with Crippen molar-refractivity contribution in [3.8, 4) is 6.07 Å². The highest BCUT2D eigenvalue weighted by Gasteiger charge is 2.12. The van der Waals surface area contributed by atoms with Crippen LogP contribution in [0.25, 0.3) is 0 Å². The Morgan fingerprint density at radius 1 is 1.27 bits per heavy atom. The molecule has 0 bridgehead atoms. The molecule has 2 nitrogen and oxygen atoms in total. The second kappa shape index (κ2) is 5.15. The Labute approximate surface area is 69.6 Å². The van der Waals surface area contributed by atoms with Crippen LogP contribution in [0.2, 0.25) is 0 Å². The molecule has 0 aliphatic carbocycles. The van der Waals surface area contributed by atoms with Crippen LogP contribution < -0.4 is 5.32 Å². The highest BCUT2D eigenvalue weighted by Crippen LogP contribution is 2.05. The van der Waals surface area contributed by atoms with Crippen molar-refractivity contribution in [2.24, 2.45) is 5.92 Å². The van der Waals surface area contributed by atoms with Crippen LogP contribution in [-0.4, -0.2) is 12.1 Å². The fourth-order valence-corrected chi connectivity index (χ4v) is 1.01. The van der Waals surface area contributed by atoms with Crippen LogP contribution >= 0.6 is 0 Å². The predicted octanol–water partition coefficient (Wildman–Crippen LogP) is 1.92. The molecule has 0 spiro atoms. The zero-order valence-electron chi connectivity index (χ0n) is 7.89. The highest BCUT2D eigenvalue weighted by atomic mass is 14.9. The summed E-state index contributed by atoms with van der Waals surface area (Å²) in [5.74, 6) is 0.539. The number of nitrogens with one attached hydrogen (secondary N) is 1. The Morgan fingerprint density at radius 3 is 2.09 bits per heavy atom. The minimum absolute atomic E-state index is 0.347. The van der Waals surface area contributed by atoms with E-state index in [1.807, 2.05) is 0 Å². The van der Waals surface area contributed by atoms with Crippen molar-refractivity contribution in [1.29, 1.82) is 5.26 Å². The molecule has 1 atom stereocenters. The minimum atomic E-state index is 0.347. The van der Waals surface area contributed by atoms with Gasteiger partial charge >= 0.3 is 0 Å². The Balaban J connectivity index is 3.81. The van der Waals surface area contributed by atoms with Crippen LogP contribution in [0.4, 0.5) is 0 Å². The molecule has 0 fully saturated rings. The van der Waals surface area contributed by atoms with E-state index in [9.17, 15) is 0 Å². The molecule has 0 saturated carbocycles. The Bertz CT molecular complexity index is 133. The second-order valence-corrected chi connectivity index (χ2v) is 3.53. The Kier molecular flexibility index (Phi) is 4.89. The molecule has 0 radical (unpaired) electrons. The minimum Gasteiger partial charge on any atom is -0.311 e. The summed E-state index contributed by atoms with van der Waals surface area (Å²) < 4.78 is 0. The monoisotopic (exact) mass is 154 g/mol. The number of hydrogen-bond acceptors (Lipinski definition) is 2. The molecule has 2 heteroatoms. The third-order valence-electron chi connectivity index (χ3n) is 1.66. The van der Waals surface area contributed by atoms with Crippen LogP contribution in [0.1, 0.15) is 34.1 Å². The second-order valence-electron chi connectivity index (χ2n) is 3.53. The van der Waals surface area contributed by atoms with Crippen LogP contribution in [0.3, 0.4) is 0 Å². The van der Waals surface area contributed by atoms with E-state index in [2.05, 4.69) is 39.1 Å². The molecule has 0 amide bonds. The summed E-state index contributed by atoms with van der Waals surface area (Å²) in [5, 5.41) is 11.9. The lowest BCUT2D eigenvalue weighted by molar-refractivity contribution is 0.375. The molecular weight excluding hydrogens is 136 g/mol. The van der Waals surface area contributed by atoms with Crippen LogP contribution in [0.15, 0.2) is 0 Å². The van der Waals surface area contributed by atoms with Gasteiger partial charge in [0.2, 0.25) is 0 Å². The first-order chi connectivity index (χ1) is 5.07. The zero-order valence-corrected chi connectivity index (χ0v) is 7.89. The standard InChI is InChI=1S/C9H18N2/c1-7(2)9(5-6-10)11-8(3)4/h7-9,11H,5H2,1-4H3/t9-/m1/s1. The van der Waals surface area contributed by atoms with Gasteiger partial charge in [0.05, 0.1) is 12.5 Å². The van der Waals surface area contributed by atoms with Crippen molar-refractivity contribution < 1.29 is 0 Å². The predicted molar refractivity (Wildman–Crippen MR) is 47.1 cm³/mol. The zero-order chi connectivity index (χ0) is 8.85. The molecule has 1 N–H and O–H groups in total. The maximum atomic E-state index is 8.51. The van der Waals surface area contributed by atoms with E-state index in [1.165, 1.54) is 0 Å². The fourth-order valence-electron chi connectivity index (χ4n) is 1.01. The third kappa shape index (κ3) is 4.80. The van der Waals surface area contributed by atoms with E-state index in [1.54, 1.807) is 0 Å². The summed E-state index contributed by atoms with van der Waals surface area (Å²) in [5.41, 5.74) is 0. The first-order valence-electron chi connectivity index (χ1n) is 4.21. The van der Waals surface area contributed by atoms with E-state index in [0.29, 0.717) is 24.4 Å². The van der Waals surface area contributed by atoms with Gasteiger partial charge in [0.25, 0.3) is 0 Å². The smallest absolute Gasteiger partial charge is 0.0638 e. The average molecular weight is 154 g/mol. The van der Waals surface area contributed by atoms with Gasteiger partial charge in [-0.1, -0.05) is 27.7 Å². The lowest BCUT2D eigenvalue weighted by Gasteiger charge is -2.21. The van der Waals surface area contributed by atoms with Gasteiger partial charge in [-0.25, -0.2) is 0 Å². The third-order valence-corrected chi connectivity index (χ3v) is 1.66. The van der Waals surface area contributed by atoms with Crippen molar-refractivity contribution in [2.45, 2.75) is 46.2 Å². The lowest BCUT2D eigenvalue weighted by atomic mass is 10.0. The van der Waals surface area contributed by atoms with E-state index in [-0.39, 0.29) is 0 Å². The van der Waals surface area contributed by atoms with Gasteiger partial charge in [0.1, 0.15) is 0 Å². The molecule has 0 heterocycles. The van der Waals surface area contributed by atoms with Crippen LogP contribution in [0.5, 0.6) is 0 Å². The maximum Gasteiger partial charge on any atom is 0.0638 e. The van der Waals surface area contributed by atoms with E-state index >= 15 is 0 Å². The molecule has 64 valence electrons. The molecule has 0 aromatic heterocycles. The van der Waals surface area contributed by atoms with Gasteiger partial charge in [-0.2, -0.15) is 5.26 Å². The fraction of sp³-hybridized carbons (Fsp3) is 0.889. The average Bonchev–Trinajstić information content (AvgIpc) is 1.86. The van der Waals surface area contributed by atoms with Gasteiger partial charge < -0.3 is 5.32 Å². The first kappa shape index (κ1) is 10.4. The summed E-state index contributed by atoms with van der Waals surface area (Å²) in [4.78, 5) is 0. The highest BCUT2D eigenvalue weighted by molar-refractivity contribution is 4.83. The van der Waals surface area contributed by atoms with Crippen molar-refractivity contribution in [1.82, 2.24) is 5.32 Å². The molecule has 0 unspecified atom stereocenters. The van der Waals surface area contributed by atoms with Gasteiger partial charge in [-0.15, -0.1) is 0 Å². The van der Waals surface area contributed by atoms with E-state index < -0.39 is 0 Å². The Hall–Kier alpha value is -0.550. The maximum absolute atomic E-state index is 8.51. The van der Waals surface area contributed by atoms with Gasteiger partial charge in [0, 0.05) is 12.1 Å². The lowest BCUT2D eigenvalue weighted by Crippen LogP contribution is -2.38. The number of rotatable bonds is 4. The molecule has 11 heavy (non-hydrogen) atoms. The largest absolute Gasteiger partial charge is 0.311 e. The normalized spacial score (nSPS) is 13.5. The SMILES string of the molecule is CC(C)N[C@H](CC#N)C(C)C. The summed E-state index contributed by atoms with van der Waals surface area (Å²) in [6, 6.07) is 3.01. The van der Waals surface area contributed by atoms with Gasteiger partial charge in [-0.3, -0.25) is 0 Å². The van der Waals surface area contributed by atoms with Crippen LogP contribution in [0, 0.1) is 17.2 Å². The molecule has 0 aliphatic heterocycles. The number of nitriles is 1. The molecule has 0 aromatic carbocycles. The summed E-state index contributed by atoms with van der Waals surface area (Å²) in [6.45, 7) is 8.48. The van der Waals surface area contributed by atoms with Crippen molar-refractivity contribution in [2.75, 3.05) is 0 Å². The topological polar surface area (TPSA) is 35.8 Å². The van der Waals surface area contributed by atoms with Gasteiger partial charge in [0.15, 0.2) is 0 Å². The molecule has 0 aromatic rings. The Morgan fingerprint density at radius 2 is 1.82 bits per heavy atom. The molecular formula is C9H18N2. The van der Waals surface area contributed by atoms with Crippen molar-refractivity contribution >= 4 is 0 Å². The molecule has 0 aliphatic rings. The quantitative estimate of drug-likeness (QED) is 0.671. The summed E-state index contributed by atoms with van der Waals surface area (Å²) in [7, 11) is 0. The summed E-state index contributed by atoms with van der Waals surface area (Å²) in [6.07, 6.45) is 0.607. The molecule has 0 rings (SSSR count). The number of nitrogens with zero attached hydrogens (tertiary/aromatic N) is 1. The van der Waals surface area contributed by atoms with E-state index in [0.717, 1.165) is 0 Å². The van der Waals surface area contributed by atoms with E-state index in [4.69, 9.17) is 5.26 Å². The van der Waals surface area contributed by atoms with Crippen molar-refractivity contribution in [3.05, 3.63) is 0 Å². The van der Waals surface area contributed by atoms with Crippen molar-refractivity contribution in [3.63, 3.8) is 0 Å². The first-order valence-corrected chi connectivity index (χ1v) is 4.21. The van der Waals surface area contributed by atoms with Gasteiger partial charge in [-0.05, 0) is 5.92 Å². The van der Waals surface area contributed by atoms with Crippen LogP contribution in [-0.2, 0) is 0 Å².